The number of halogens is 1. The summed E-state index contributed by atoms with van der Waals surface area (Å²) in [7, 11) is 0. The van der Waals surface area contributed by atoms with Crippen LogP contribution >= 0.6 is 11.6 Å². The molecule has 2 saturated heterocycles. The van der Waals surface area contributed by atoms with Gasteiger partial charge in [0, 0.05) is 54.1 Å². The SMILES string of the molecule is CC1(c2cc3c(-c4cnn5ncccc45)ccnc3[nH]2)CCN(C(=O)[C@@H]2CCCN2C(=O)CCl)C1. The number of rotatable bonds is 4. The average molecular weight is 492 g/mol. The van der Waals surface area contributed by atoms with Crippen LogP contribution in [0.3, 0.4) is 0 Å². The quantitative estimate of drug-likeness (QED) is 0.442. The maximum absolute atomic E-state index is 13.4. The Balaban J connectivity index is 1.30. The second-order valence-corrected chi connectivity index (χ2v) is 9.98. The number of aromatic amines is 1. The number of carbonyl (C=O) groups is 2. The minimum atomic E-state index is -0.399. The fourth-order valence-electron chi connectivity index (χ4n) is 5.61. The lowest BCUT2D eigenvalue weighted by Crippen LogP contribution is -2.48. The number of H-pyrrole nitrogens is 1. The van der Waals surface area contributed by atoms with Gasteiger partial charge < -0.3 is 14.8 Å². The van der Waals surface area contributed by atoms with Crippen molar-refractivity contribution in [1.29, 1.82) is 0 Å². The second kappa shape index (κ2) is 8.34. The number of hydrogen-bond donors (Lipinski definition) is 1. The first-order valence-electron chi connectivity index (χ1n) is 11.9. The molecule has 6 heterocycles. The highest BCUT2D eigenvalue weighted by Gasteiger charge is 2.43. The number of nitrogens with one attached hydrogen (secondary N) is 1. The first kappa shape index (κ1) is 22.0. The molecule has 180 valence electrons. The van der Waals surface area contributed by atoms with E-state index in [1.807, 2.05) is 29.3 Å². The van der Waals surface area contributed by atoms with E-state index in [0.717, 1.165) is 46.2 Å². The zero-order valence-electron chi connectivity index (χ0n) is 19.4. The van der Waals surface area contributed by atoms with E-state index in [0.29, 0.717) is 26.1 Å². The third-order valence-electron chi connectivity index (χ3n) is 7.53. The van der Waals surface area contributed by atoms with Crippen molar-refractivity contribution >= 4 is 40.0 Å². The van der Waals surface area contributed by atoms with Crippen LogP contribution < -0.4 is 0 Å². The first-order valence-corrected chi connectivity index (χ1v) is 12.4. The van der Waals surface area contributed by atoms with Crippen molar-refractivity contribution in [2.24, 2.45) is 0 Å². The minimum absolute atomic E-state index is 0.0264. The lowest BCUT2D eigenvalue weighted by Gasteiger charge is -2.29. The summed E-state index contributed by atoms with van der Waals surface area (Å²) in [6.45, 7) is 4.03. The number of likely N-dealkylation sites (tertiary alicyclic amines) is 2. The number of aromatic nitrogens is 5. The molecule has 2 fully saturated rings. The van der Waals surface area contributed by atoms with Gasteiger partial charge in [0.05, 0.1) is 11.7 Å². The molecule has 4 aromatic heterocycles. The predicted octanol–water partition coefficient (Wildman–Crippen LogP) is 2.99. The van der Waals surface area contributed by atoms with Crippen LogP contribution in [0.15, 0.2) is 42.9 Å². The Labute approximate surface area is 207 Å². The fraction of sp³-hybridized carbons (Fsp3) is 0.400. The van der Waals surface area contributed by atoms with Gasteiger partial charge in [0.2, 0.25) is 11.8 Å². The van der Waals surface area contributed by atoms with Gasteiger partial charge in [0.1, 0.15) is 17.6 Å². The Hall–Kier alpha value is -3.46. The smallest absolute Gasteiger partial charge is 0.245 e. The Morgan fingerprint density at radius 2 is 2.09 bits per heavy atom. The summed E-state index contributed by atoms with van der Waals surface area (Å²) < 4.78 is 1.62. The zero-order chi connectivity index (χ0) is 24.2. The molecule has 0 saturated carbocycles. The van der Waals surface area contributed by atoms with Gasteiger partial charge in [-0.2, -0.15) is 14.8 Å². The number of pyridine rings is 1. The van der Waals surface area contributed by atoms with Crippen molar-refractivity contribution in [2.45, 2.75) is 37.6 Å². The van der Waals surface area contributed by atoms with E-state index in [1.165, 1.54) is 0 Å². The second-order valence-electron chi connectivity index (χ2n) is 9.71. The van der Waals surface area contributed by atoms with Crippen LogP contribution in [0.4, 0.5) is 0 Å². The molecule has 9 nitrogen and oxygen atoms in total. The van der Waals surface area contributed by atoms with E-state index in [4.69, 9.17) is 11.6 Å². The van der Waals surface area contributed by atoms with Crippen LogP contribution in [0.25, 0.3) is 27.7 Å². The van der Waals surface area contributed by atoms with Gasteiger partial charge in [-0.25, -0.2) is 4.98 Å². The summed E-state index contributed by atoms with van der Waals surface area (Å²) in [5.74, 6) is -0.227. The van der Waals surface area contributed by atoms with Crippen molar-refractivity contribution in [3.05, 3.63) is 48.5 Å². The van der Waals surface area contributed by atoms with Crippen molar-refractivity contribution in [3.8, 4) is 11.1 Å². The lowest BCUT2D eigenvalue weighted by atomic mass is 9.86. The van der Waals surface area contributed by atoms with Gasteiger partial charge in [-0.3, -0.25) is 9.59 Å². The van der Waals surface area contributed by atoms with Gasteiger partial charge in [0.25, 0.3) is 0 Å². The predicted molar refractivity (Wildman–Crippen MR) is 132 cm³/mol. The molecule has 0 radical (unpaired) electrons. The summed E-state index contributed by atoms with van der Waals surface area (Å²) in [6.07, 6.45) is 7.70. The van der Waals surface area contributed by atoms with Crippen LogP contribution in [0, 0.1) is 0 Å². The molecule has 1 unspecified atom stereocenters. The van der Waals surface area contributed by atoms with E-state index in [-0.39, 0.29) is 23.1 Å². The normalized spacial score (nSPS) is 22.5. The highest BCUT2D eigenvalue weighted by Crippen LogP contribution is 2.38. The third kappa shape index (κ3) is 3.56. The Morgan fingerprint density at radius 3 is 2.94 bits per heavy atom. The first-order chi connectivity index (χ1) is 17.0. The molecular weight excluding hydrogens is 466 g/mol. The molecular formula is C25H26ClN7O2. The number of amides is 2. The molecule has 2 atom stereocenters. The number of fused-ring (bicyclic) bond motifs is 2. The molecule has 0 aliphatic carbocycles. The number of alkyl halides is 1. The van der Waals surface area contributed by atoms with Crippen LogP contribution in [0.5, 0.6) is 0 Å². The van der Waals surface area contributed by atoms with E-state index in [1.54, 1.807) is 21.9 Å². The minimum Gasteiger partial charge on any atom is -0.343 e. The van der Waals surface area contributed by atoms with E-state index >= 15 is 0 Å². The topological polar surface area (TPSA) is 99.5 Å². The molecule has 0 aromatic carbocycles. The monoisotopic (exact) mass is 491 g/mol. The van der Waals surface area contributed by atoms with Crippen LogP contribution in [0.2, 0.25) is 0 Å². The maximum Gasteiger partial charge on any atom is 0.245 e. The van der Waals surface area contributed by atoms with Gasteiger partial charge in [0.15, 0.2) is 0 Å². The largest absolute Gasteiger partial charge is 0.343 e. The van der Waals surface area contributed by atoms with Crippen molar-refractivity contribution in [3.63, 3.8) is 0 Å². The van der Waals surface area contributed by atoms with Gasteiger partial charge >= 0.3 is 0 Å². The zero-order valence-corrected chi connectivity index (χ0v) is 20.2. The molecule has 4 aromatic rings. The summed E-state index contributed by atoms with van der Waals surface area (Å²) in [6, 6.07) is 7.66. The Bertz CT molecular complexity index is 1450. The van der Waals surface area contributed by atoms with Gasteiger partial charge in [-0.1, -0.05) is 6.92 Å². The molecule has 10 heteroatoms. The van der Waals surface area contributed by atoms with Crippen LogP contribution in [-0.4, -0.2) is 78.0 Å². The molecule has 0 bridgehead atoms. The van der Waals surface area contributed by atoms with Crippen molar-refractivity contribution in [1.82, 2.24) is 34.6 Å². The third-order valence-corrected chi connectivity index (χ3v) is 7.76. The summed E-state index contributed by atoms with van der Waals surface area (Å²) in [5, 5.41) is 9.68. The number of carbonyl (C=O) groups excluding carboxylic acids is 2. The molecule has 35 heavy (non-hydrogen) atoms. The highest BCUT2D eigenvalue weighted by molar-refractivity contribution is 6.27. The van der Waals surface area contributed by atoms with Crippen LogP contribution in [-0.2, 0) is 15.0 Å². The summed E-state index contributed by atoms with van der Waals surface area (Å²) in [5.41, 5.74) is 4.58. The van der Waals surface area contributed by atoms with E-state index in [9.17, 15) is 9.59 Å². The van der Waals surface area contributed by atoms with E-state index < -0.39 is 6.04 Å². The molecule has 2 aliphatic heterocycles. The molecule has 2 amide bonds. The van der Waals surface area contributed by atoms with E-state index in [2.05, 4.69) is 33.2 Å². The standard InChI is InChI=1S/C25H26ClN7O2/c1-25(7-11-31(15-25)24(35)20-5-3-10-32(20)22(34)13-26)21-12-17-16(6-9-27-23(17)30-21)18-14-29-33-19(18)4-2-8-28-33/h2,4,6,8-9,12,14,20H,3,5,7,10-11,13,15H2,1H3,(H,27,30)/t20-,25?/m0/s1. The number of nitrogens with zero attached hydrogens (tertiary/aromatic N) is 6. The Morgan fingerprint density at radius 1 is 1.20 bits per heavy atom. The fourth-order valence-corrected chi connectivity index (χ4v) is 5.76. The van der Waals surface area contributed by atoms with Gasteiger partial charge in [-0.15, -0.1) is 11.6 Å². The molecule has 0 spiro atoms. The lowest BCUT2D eigenvalue weighted by molar-refractivity contribution is -0.142. The molecule has 6 rings (SSSR count). The highest BCUT2D eigenvalue weighted by atomic mass is 35.5. The summed E-state index contributed by atoms with van der Waals surface area (Å²) in [4.78, 5) is 37.2. The van der Waals surface area contributed by atoms with Gasteiger partial charge in [-0.05, 0) is 49.1 Å². The number of hydrogen-bond acceptors (Lipinski definition) is 5. The average Bonchev–Trinajstić information content (AvgIpc) is 3.67. The Kier molecular flexibility index (Phi) is 5.25. The molecule has 2 aliphatic rings. The van der Waals surface area contributed by atoms with Crippen molar-refractivity contribution in [2.75, 3.05) is 25.5 Å². The van der Waals surface area contributed by atoms with Crippen molar-refractivity contribution < 1.29 is 9.59 Å². The van der Waals surface area contributed by atoms with Crippen LogP contribution in [0.1, 0.15) is 31.9 Å². The summed E-state index contributed by atoms with van der Waals surface area (Å²) >= 11 is 5.77. The molecule has 1 N–H and O–H groups in total. The maximum atomic E-state index is 13.4.